The maximum atomic E-state index is 5.23. The molecule has 1 fully saturated rings. The lowest BCUT2D eigenvalue weighted by Crippen LogP contribution is -2.34. The molecule has 3 N–H and O–H groups in total. The van der Waals surface area contributed by atoms with Crippen LogP contribution in [0.2, 0.25) is 0 Å². The van der Waals surface area contributed by atoms with Gasteiger partial charge in [-0.1, -0.05) is 6.92 Å². The lowest BCUT2D eigenvalue weighted by molar-refractivity contribution is 0.492. The van der Waals surface area contributed by atoms with E-state index in [-0.39, 0.29) is 0 Å². The summed E-state index contributed by atoms with van der Waals surface area (Å²) in [7, 11) is 0. The largest absolute Gasteiger partial charge is 0.271 e. The van der Waals surface area contributed by atoms with Gasteiger partial charge in [-0.2, -0.15) is 0 Å². The molecule has 1 aliphatic carbocycles. The molecule has 2 heteroatoms. The first-order valence-electron chi connectivity index (χ1n) is 3.22. The van der Waals surface area contributed by atoms with E-state index in [2.05, 4.69) is 19.3 Å². The van der Waals surface area contributed by atoms with Crippen LogP contribution in [0, 0.1) is 11.8 Å². The Morgan fingerprint density at radius 1 is 1.75 bits per heavy atom. The maximum absolute atomic E-state index is 5.23. The molecule has 2 nitrogen and oxygen atoms in total. The quantitative estimate of drug-likeness (QED) is 0.405. The van der Waals surface area contributed by atoms with Crippen molar-refractivity contribution in [1.82, 2.24) is 5.43 Å². The first-order chi connectivity index (χ1) is 3.75. The van der Waals surface area contributed by atoms with Crippen molar-refractivity contribution in [3.8, 4) is 0 Å². The molecule has 0 aromatic carbocycles. The lowest BCUT2D eigenvalue weighted by Gasteiger charge is -2.06. The van der Waals surface area contributed by atoms with Crippen LogP contribution in [-0.4, -0.2) is 6.04 Å². The number of hydrogen-bond donors (Lipinski definition) is 2. The first-order valence-corrected chi connectivity index (χ1v) is 3.22. The summed E-state index contributed by atoms with van der Waals surface area (Å²) >= 11 is 0. The zero-order valence-electron chi connectivity index (χ0n) is 5.52. The van der Waals surface area contributed by atoms with Gasteiger partial charge in [0, 0.05) is 6.04 Å². The van der Waals surface area contributed by atoms with Crippen LogP contribution in [0.4, 0.5) is 0 Å². The van der Waals surface area contributed by atoms with Crippen molar-refractivity contribution in [1.29, 1.82) is 0 Å². The molecule has 0 aliphatic heterocycles. The lowest BCUT2D eigenvalue weighted by atomic mass is 10.2. The smallest absolute Gasteiger partial charge is 0.0213 e. The Balaban J connectivity index is 2.18. The van der Waals surface area contributed by atoms with Gasteiger partial charge in [0.15, 0.2) is 0 Å². The zero-order chi connectivity index (χ0) is 6.15. The van der Waals surface area contributed by atoms with Gasteiger partial charge in [-0.05, 0) is 25.2 Å². The van der Waals surface area contributed by atoms with Crippen LogP contribution in [0.1, 0.15) is 20.3 Å². The van der Waals surface area contributed by atoms with Crippen LogP contribution in [0.15, 0.2) is 0 Å². The summed E-state index contributed by atoms with van der Waals surface area (Å²) in [6.07, 6.45) is 1.35. The van der Waals surface area contributed by atoms with Gasteiger partial charge in [0.2, 0.25) is 0 Å². The van der Waals surface area contributed by atoms with Crippen molar-refractivity contribution in [2.24, 2.45) is 17.7 Å². The van der Waals surface area contributed by atoms with Crippen molar-refractivity contribution in [3.63, 3.8) is 0 Å². The molecule has 1 saturated carbocycles. The summed E-state index contributed by atoms with van der Waals surface area (Å²) in [6.45, 7) is 4.40. The molecule has 1 rings (SSSR count). The van der Waals surface area contributed by atoms with Crippen molar-refractivity contribution < 1.29 is 0 Å². The number of rotatable bonds is 2. The standard InChI is InChI=1S/C6H14N2/c1-4-3-6(4)5(2)8-7/h4-6,8H,3,7H2,1-2H3. The second-order valence-electron chi connectivity index (χ2n) is 2.83. The summed E-state index contributed by atoms with van der Waals surface area (Å²) in [5, 5.41) is 0. The van der Waals surface area contributed by atoms with E-state index in [0.717, 1.165) is 11.8 Å². The van der Waals surface area contributed by atoms with Gasteiger partial charge >= 0.3 is 0 Å². The molecule has 0 bridgehead atoms. The SMILES string of the molecule is CC1CC1C(C)NN. The Kier molecular flexibility index (Phi) is 1.54. The van der Waals surface area contributed by atoms with Gasteiger partial charge in [-0.25, -0.2) is 0 Å². The summed E-state index contributed by atoms with van der Waals surface area (Å²) < 4.78 is 0. The van der Waals surface area contributed by atoms with Gasteiger partial charge in [0.25, 0.3) is 0 Å². The molecule has 8 heavy (non-hydrogen) atoms. The molecule has 0 saturated heterocycles. The Morgan fingerprint density at radius 2 is 2.25 bits per heavy atom. The normalized spacial score (nSPS) is 39.4. The van der Waals surface area contributed by atoms with Crippen molar-refractivity contribution >= 4 is 0 Å². The summed E-state index contributed by atoms with van der Waals surface area (Å²) in [5.41, 5.74) is 2.76. The van der Waals surface area contributed by atoms with E-state index in [1.165, 1.54) is 6.42 Å². The van der Waals surface area contributed by atoms with E-state index in [1.54, 1.807) is 0 Å². The molecule has 48 valence electrons. The second-order valence-corrected chi connectivity index (χ2v) is 2.83. The van der Waals surface area contributed by atoms with Gasteiger partial charge in [-0.3, -0.25) is 11.3 Å². The molecular weight excluding hydrogens is 100 g/mol. The average molecular weight is 114 g/mol. The zero-order valence-corrected chi connectivity index (χ0v) is 5.52. The molecular formula is C6H14N2. The molecule has 1 aliphatic rings. The van der Waals surface area contributed by atoms with Crippen LogP contribution in [0.3, 0.4) is 0 Å². The summed E-state index contributed by atoms with van der Waals surface area (Å²) in [4.78, 5) is 0. The third-order valence-electron chi connectivity index (χ3n) is 2.08. The average Bonchev–Trinajstić information content (AvgIpc) is 2.45. The highest BCUT2D eigenvalue weighted by Crippen LogP contribution is 2.39. The van der Waals surface area contributed by atoms with Gasteiger partial charge in [0.05, 0.1) is 0 Å². The van der Waals surface area contributed by atoms with Crippen LogP contribution in [0.25, 0.3) is 0 Å². The predicted molar refractivity (Wildman–Crippen MR) is 34.1 cm³/mol. The third kappa shape index (κ3) is 1.01. The van der Waals surface area contributed by atoms with Crippen LogP contribution < -0.4 is 11.3 Å². The van der Waals surface area contributed by atoms with E-state index in [0.29, 0.717) is 6.04 Å². The molecule has 3 atom stereocenters. The highest BCUT2D eigenvalue weighted by atomic mass is 15.2. The Labute approximate surface area is 50.4 Å². The first kappa shape index (κ1) is 6.05. The number of hydrazine groups is 1. The Morgan fingerprint density at radius 3 is 2.38 bits per heavy atom. The van der Waals surface area contributed by atoms with E-state index < -0.39 is 0 Å². The van der Waals surface area contributed by atoms with Crippen LogP contribution >= 0.6 is 0 Å². The van der Waals surface area contributed by atoms with Crippen molar-refractivity contribution in [3.05, 3.63) is 0 Å². The van der Waals surface area contributed by atoms with Crippen LogP contribution in [-0.2, 0) is 0 Å². The number of nitrogens with one attached hydrogen (secondary N) is 1. The Hall–Kier alpha value is -0.0800. The molecule has 0 spiro atoms. The fourth-order valence-corrected chi connectivity index (χ4v) is 1.17. The highest BCUT2D eigenvalue weighted by Gasteiger charge is 2.36. The fourth-order valence-electron chi connectivity index (χ4n) is 1.17. The molecule has 0 heterocycles. The number of hydrogen-bond acceptors (Lipinski definition) is 2. The minimum Gasteiger partial charge on any atom is -0.271 e. The van der Waals surface area contributed by atoms with E-state index in [4.69, 9.17) is 5.84 Å². The monoisotopic (exact) mass is 114 g/mol. The van der Waals surface area contributed by atoms with E-state index in [9.17, 15) is 0 Å². The topological polar surface area (TPSA) is 38.0 Å². The number of nitrogens with two attached hydrogens (primary N) is 1. The highest BCUT2D eigenvalue weighted by molar-refractivity contribution is 4.88. The summed E-state index contributed by atoms with van der Waals surface area (Å²) in [5.74, 6) is 6.98. The molecule has 3 unspecified atom stereocenters. The fraction of sp³-hybridized carbons (Fsp3) is 1.00. The Bertz CT molecular complexity index is 80.6. The third-order valence-corrected chi connectivity index (χ3v) is 2.08. The minimum absolute atomic E-state index is 0.519. The molecule has 0 amide bonds. The van der Waals surface area contributed by atoms with Crippen molar-refractivity contribution in [2.75, 3.05) is 0 Å². The van der Waals surface area contributed by atoms with Gasteiger partial charge in [-0.15, -0.1) is 0 Å². The van der Waals surface area contributed by atoms with Crippen LogP contribution in [0.5, 0.6) is 0 Å². The van der Waals surface area contributed by atoms with Crippen molar-refractivity contribution in [2.45, 2.75) is 26.3 Å². The molecule has 0 aromatic rings. The predicted octanol–water partition coefficient (Wildman–Crippen LogP) is 0.494. The molecule has 0 radical (unpaired) electrons. The van der Waals surface area contributed by atoms with Gasteiger partial charge < -0.3 is 0 Å². The molecule has 0 aromatic heterocycles. The van der Waals surface area contributed by atoms with E-state index >= 15 is 0 Å². The second kappa shape index (κ2) is 2.03. The maximum Gasteiger partial charge on any atom is 0.0213 e. The van der Waals surface area contributed by atoms with E-state index in [1.807, 2.05) is 0 Å². The summed E-state index contributed by atoms with van der Waals surface area (Å²) in [6, 6.07) is 0.519. The van der Waals surface area contributed by atoms with Gasteiger partial charge in [0.1, 0.15) is 0 Å². The minimum atomic E-state index is 0.519.